The molecule has 2 amide bonds. The molecule has 1 aromatic heterocycles. The fourth-order valence-electron chi connectivity index (χ4n) is 3.40. The number of hydrazone groups is 1. The molecule has 1 fully saturated rings. The number of cyclic esters (lactones) is 1. The van der Waals surface area contributed by atoms with Crippen LogP contribution in [-0.4, -0.2) is 60.6 Å². The summed E-state index contributed by atoms with van der Waals surface area (Å²) in [4.78, 5) is 30.7. The van der Waals surface area contributed by atoms with Gasteiger partial charge in [-0.05, 0) is 25.1 Å². The van der Waals surface area contributed by atoms with E-state index >= 15 is 0 Å². The Hall–Kier alpha value is -3.21. The Balaban J connectivity index is 1.39. The zero-order valence-corrected chi connectivity index (χ0v) is 18.1. The lowest BCUT2D eigenvalue weighted by Crippen LogP contribution is -2.38. The molecule has 4 rings (SSSR count). The molecule has 2 aliphatic rings. The van der Waals surface area contributed by atoms with E-state index < -0.39 is 18.0 Å². The highest BCUT2D eigenvalue weighted by Crippen LogP contribution is 2.28. The van der Waals surface area contributed by atoms with Gasteiger partial charge in [0.1, 0.15) is 23.3 Å². The Morgan fingerprint density at radius 3 is 2.87 bits per heavy atom. The summed E-state index contributed by atoms with van der Waals surface area (Å²) in [5, 5.41) is 11.9. The van der Waals surface area contributed by atoms with Gasteiger partial charge in [-0.1, -0.05) is 0 Å². The summed E-state index contributed by atoms with van der Waals surface area (Å²) in [7, 11) is 0. The SMILES string of the molecule is CC(=O)NC[C@H]1CN(c2ccc(N3C=NN(Cc4nc(C)cs4)CC3)c(F)c2)C(=O)O1. The lowest BCUT2D eigenvalue weighted by atomic mass is 10.2. The Morgan fingerprint density at radius 2 is 2.23 bits per heavy atom. The molecular weight excluding hydrogens is 423 g/mol. The summed E-state index contributed by atoms with van der Waals surface area (Å²) in [5.74, 6) is -0.653. The number of amides is 2. The quantitative estimate of drug-likeness (QED) is 0.733. The number of rotatable bonds is 6. The van der Waals surface area contributed by atoms with Crippen molar-refractivity contribution in [2.75, 3.05) is 36.0 Å². The van der Waals surface area contributed by atoms with Crippen LogP contribution in [0.1, 0.15) is 17.6 Å². The number of nitrogens with zero attached hydrogens (tertiary/aromatic N) is 5. The van der Waals surface area contributed by atoms with E-state index in [2.05, 4.69) is 15.4 Å². The first-order chi connectivity index (χ1) is 14.9. The topological polar surface area (TPSA) is 90.4 Å². The number of aryl methyl sites for hydroxylation is 1. The molecule has 1 aromatic carbocycles. The molecule has 1 atom stereocenters. The van der Waals surface area contributed by atoms with Gasteiger partial charge in [-0.3, -0.25) is 14.7 Å². The highest BCUT2D eigenvalue weighted by Gasteiger charge is 2.33. The van der Waals surface area contributed by atoms with E-state index in [0.29, 0.717) is 31.0 Å². The summed E-state index contributed by atoms with van der Waals surface area (Å²) in [6, 6.07) is 4.62. The second-order valence-corrected chi connectivity index (χ2v) is 8.33. The van der Waals surface area contributed by atoms with Crippen LogP contribution in [0.15, 0.2) is 28.7 Å². The molecule has 9 nitrogen and oxygen atoms in total. The second kappa shape index (κ2) is 8.88. The Bertz CT molecular complexity index is 1010. The fraction of sp³-hybridized carbons (Fsp3) is 0.400. The van der Waals surface area contributed by atoms with E-state index in [-0.39, 0.29) is 19.0 Å². The van der Waals surface area contributed by atoms with Crippen LogP contribution in [0.5, 0.6) is 0 Å². The summed E-state index contributed by atoms with van der Waals surface area (Å²) in [6.45, 7) is 5.66. The van der Waals surface area contributed by atoms with Crippen LogP contribution in [-0.2, 0) is 16.1 Å². The number of anilines is 2. The zero-order chi connectivity index (χ0) is 22.0. The highest BCUT2D eigenvalue weighted by atomic mass is 32.1. The molecule has 0 aliphatic carbocycles. The number of ether oxygens (including phenoxy) is 1. The number of benzene rings is 1. The molecule has 1 saturated heterocycles. The van der Waals surface area contributed by atoms with Crippen molar-refractivity contribution >= 4 is 41.1 Å². The van der Waals surface area contributed by atoms with Gasteiger partial charge in [0.25, 0.3) is 0 Å². The minimum Gasteiger partial charge on any atom is -0.442 e. The first-order valence-electron chi connectivity index (χ1n) is 9.88. The molecule has 0 radical (unpaired) electrons. The van der Waals surface area contributed by atoms with Gasteiger partial charge in [-0.2, -0.15) is 5.10 Å². The average Bonchev–Trinajstić information content (AvgIpc) is 3.32. The molecule has 0 spiro atoms. The lowest BCUT2D eigenvalue weighted by Gasteiger charge is -2.30. The van der Waals surface area contributed by atoms with Crippen molar-refractivity contribution in [2.24, 2.45) is 5.10 Å². The largest absolute Gasteiger partial charge is 0.442 e. The van der Waals surface area contributed by atoms with Crippen LogP contribution in [0.2, 0.25) is 0 Å². The molecular formula is C20H23FN6O3S. The van der Waals surface area contributed by atoms with Crippen molar-refractivity contribution in [3.05, 3.63) is 40.1 Å². The van der Waals surface area contributed by atoms with Gasteiger partial charge in [-0.15, -0.1) is 11.3 Å². The van der Waals surface area contributed by atoms with Gasteiger partial charge in [0, 0.05) is 24.5 Å². The molecule has 0 saturated carbocycles. The van der Waals surface area contributed by atoms with Crippen LogP contribution in [0.3, 0.4) is 0 Å². The number of nitrogens with one attached hydrogen (secondary N) is 1. The minimum atomic E-state index is -0.560. The molecule has 11 heteroatoms. The maximum Gasteiger partial charge on any atom is 0.414 e. The van der Waals surface area contributed by atoms with E-state index in [1.54, 1.807) is 34.7 Å². The van der Waals surface area contributed by atoms with Crippen LogP contribution in [0.25, 0.3) is 0 Å². The Kier molecular flexibility index (Phi) is 6.03. The molecule has 0 bridgehead atoms. The van der Waals surface area contributed by atoms with Gasteiger partial charge in [0.2, 0.25) is 5.91 Å². The maximum absolute atomic E-state index is 14.9. The van der Waals surface area contributed by atoms with Crippen LogP contribution >= 0.6 is 11.3 Å². The average molecular weight is 447 g/mol. The van der Waals surface area contributed by atoms with E-state index in [4.69, 9.17) is 4.74 Å². The van der Waals surface area contributed by atoms with Crippen LogP contribution in [0.4, 0.5) is 20.6 Å². The van der Waals surface area contributed by atoms with E-state index in [9.17, 15) is 14.0 Å². The predicted octanol–water partition coefficient (Wildman–Crippen LogP) is 2.32. The van der Waals surface area contributed by atoms with Gasteiger partial charge in [0.05, 0.1) is 37.6 Å². The van der Waals surface area contributed by atoms with Gasteiger partial charge < -0.3 is 15.0 Å². The minimum absolute atomic E-state index is 0.201. The van der Waals surface area contributed by atoms with Crippen molar-refractivity contribution < 1.29 is 18.7 Å². The van der Waals surface area contributed by atoms with E-state index in [1.165, 1.54) is 17.9 Å². The molecule has 1 N–H and O–H groups in total. The first kappa shape index (κ1) is 21.0. The Morgan fingerprint density at radius 1 is 1.39 bits per heavy atom. The van der Waals surface area contributed by atoms with E-state index in [1.807, 2.05) is 17.3 Å². The third-order valence-electron chi connectivity index (χ3n) is 4.94. The Labute approximate surface area is 183 Å². The van der Waals surface area contributed by atoms with Gasteiger partial charge in [-0.25, -0.2) is 14.2 Å². The third-order valence-corrected chi connectivity index (χ3v) is 5.89. The van der Waals surface area contributed by atoms with E-state index in [0.717, 1.165) is 10.7 Å². The summed E-state index contributed by atoms with van der Waals surface area (Å²) >= 11 is 1.60. The first-order valence-corrected chi connectivity index (χ1v) is 10.8. The van der Waals surface area contributed by atoms with Crippen molar-refractivity contribution in [3.8, 4) is 0 Å². The number of halogens is 1. The monoisotopic (exact) mass is 446 g/mol. The lowest BCUT2D eigenvalue weighted by molar-refractivity contribution is -0.119. The fourth-order valence-corrected chi connectivity index (χ4v) is 4.18. The molecule has 2 aromatic rings. The molecule has 3 heterocycles. The molecule has 2 aliphatic heterocycles. The second-order valence-electron chi connectivity index (χ2n) is 7.38. The smallest absolute Gasteiger partial charge is 0.414 e. The number of carbonyl (C=O) groups is 2. The number of hydrogen-bond acceptors (Lipinski definition) is 8. The molecule has 0 unspecified atom stereocenters. The van der Waals surface area contributed by atoms with Crippen molar-refractivity contribution in [1.82, 2.24) is 15.3 Å². The van der Waals surface area contributed by atoms with Crippen molar-refractivity contribution in [3.63, 3.8) is 0 Å². The van der Waals surface area contributed by atoms with Crippen molar-refractivity contribution in [2.45, 2.75) is 26.5 Å². The standard InChI is InChI=1S/C20H23FN6O3S/c1-13-11-31-19(24-13)10-26-6-5-25(12-23-26)18-4-3-15(7-17(18)21)27-9-16(30-20(27)29)8-22-14(2)28/h3-4,7,11-12,16H,5-6,8-10H2,1-2H3,(H,22,28)/t16-/m0/s1. The number of aromatic nitrogens is 1. The van der Waals surface area contributed by atoms with Crippen LogP contribution in [0, 0.1) is 12.7 Å². The summed E-state index contributed by atoms with van der Waals surface area (Å²) < 4.78 is 20.1. The number of carbonyl (C=O) groups excluding carboxylic acids is 2. The van der Waals surface area contributed by atoms with Crippen molar-refractivity contribution in [1.29, 1.82) is 0 Å². The predicted molar refractivity (Wildman–Crippen MR) is 116 cm³/mol. The van der Waals surface area contributed by atoms with Gasteiger partial charge in [0.15, 0.2) is 0 Å². The molecule has 164 valence electrons. The summed E-state index contributed by atoms with van der Waals surface area (Å²) in [6.07, 6.45) is 0.575. The van der Waals surface area contributed by atoms with Gasteiger partial charge >= 0.3 is 6.09 Å². The highest BCUT2D eigenvalue weighted by molar-refractivity contribution is 7.09. The number of hydrogen-bond donors (Lipinski definition) is 1. The maximum atomic E-state index is 14.9. The molecule has 31 heavy (non-hydrogen) atoms. The number of thiazole rings is 1. The van der Waals surface area contributed by atoms with Crippen LogP contribution < -0.4 is 15.1 Å². The normalized spacial score (nSPS) is 18.5. The zero-order valence-electron chi connectivity index (χ0n) is 17.2. The third kappa shape index (κ3) is 4.93. The summed E-state index contributed by atoms with van der Waals surface area (Å²) in [5.41, 5.74) is 1.79.